The second kappa shape index (κ2) is 7.85. The lowest BCUT2D eigenvalue weighted by molar-refractivity contribution is -0.116. The summed E-state index contributed by atoms with van der Waals surface area (Å²) < 4.78 is 5.54. The largest absolute Gasteiger partial charge is 0.493 e. The van der Waals surface area contributed by atoms with Crippen LogP contribution in [0.3, 0.4) is 0 Å². The number of rotatable bonds is 6. The number of ether oxygens (including phenoxy) is 1. The Labute approximate surface area is 136 Å². The van der Waals surface area contributed by atoms with Crippen LogP contribution in [0.5, 0.6) is 5.75 Å². The molecule has 0 heterocycles. The van der Waals surface area contributed by atoms with Crippen LogP contribution in [0, 0.1) is 6.92 Å². The monoisotopic (exact) mass is 317 g/mol. The number of para-hydroxylation sites is 1. The maximum absolute atomic E-state index is 12.1. The molecule has 116 valence electrons. The van der Waals surface area contributed by atoms with E-state index in [1.807, 2.05) is 25.1 Å². The number of hydrogen-bond donors (Lipinski definition) is 1. The van der Waals surface area contributed by atoms with Crippen molar-refractivity contribution in [3.8, 4) is 5.75 Å². The highest BCUT2D eigenvalue weighted by Gasteiger charge is 2.08. The van der Waals surface area contributed by atoms with Crippen molar-refractivity contribution in [2.75, 3.05) is 11.9 Å². The SMILES string of the molecule is CCc1cccc(C)c1NC(=O)CCOc1ccc(Cl)cc1. The fourth-order valence-corrected chi connectivity index (χ4v) is 2.32. The zero-order valence-electron chi connectivity index (χ0n) is 12.9. The molecule has 2 rings (SSSR count). The van der Waals surface area contributed by atoms with Crippen LogP contribution in [0.25, 0.3) is 0 Å². The third kappa shape index (κ3) is 4.50. The van der Waals surface area contributed by atoms with Crippen LogP contribution < -0.4 is 10.1 Å². The number of anilines is 1. The van der Waals surface area contributed by atoms with Gasteiger partial charge in [0.2, 0.25) is 5.91 Å². The molecule has 0 unspecified atom stereocenters. The van der Waals surface area contributed by atoms with Gasteiger partial charge in [-0.2, -0.15) is 0 Å². The van der Waals surface area contributed by atoms with Gasteiger partial charge in [0.15, 0.2) is 0 Å². The second-order valence-corrected chi connectivity index (χ2v) is 5.50. The molecule has 0 bridgehead atoms. The predicted molar refractivity (Wildman–Crippen MR) is 90.8 cm³/mol. The van der Waals surface area contributed by atoms with Gasteiger partial charge in [0.25, 0.3) is 0 Å². The fourth-order valence-electron chi connectivity index (χ4n) is 2.20. The Balaban J connectivity index is 1.87. The Kier molecular flexibility index (Phi) is 5.84. The van der Waals surface area contributed by atoms with Crippen LogP contribution in [0.1, 0.15) is 24.5 Å². The summed E-state index contributed by atoms with van der Waals surface area (Å²) in [6.07, 6.45) is 1.19. The molecule has 1 N–H and O–H groups in total. The number of hydrogen-bond acceptors (Lipinski definition) is 2. The van der Waals surface area contributed by atoms with E-state index in [0.717, 1.165) is 23.2 Å². The number of carbonyl (C=O) groups is 1. The van der Waals surface area contributed by atoms with Crippen molar-refractivity contribution in [1.29, 1.82) is 0 Å². The minimum atomic E-state index is -0.0436. The van der Waals surface area contributed by atoms with Gasteiger partial charge in [-0.3, -0.25) is 4.79 Å². The van der Waals surface area contributed by atoms with E-state index in [1.165, 1.54) is 0 Å². The fraction of sp³-hybridized carbons (Fsp3) is 0.278. The first-order valence-electron chi connectivity index (χ1n) is 7.37. The molecular weight excluding hydrogens is 298 g/mol. The average molecular weight is 318 g/mol. The third-order valence-electron chi connectivity index (χ3n) is 3.42. The smallest absolute Gasteiger partial charge is 0.227 e. The van der Waals surface area contributed by atoms with E-state index < -0.39 is 0 Å². The van der Waals surface area contributed by atoms with E-state index in [9.17, 15) is 4.79 Å². The minimum absolute atomic E-state index is 0.0436. The summed E-state index contributed by atoms with van der Waals surface area (Å²) in [5, 5.41) is 3.65. The second-order valence-electron chi connectivity index (χ2n) is 5.06. The number of benzene rings is 2. The molecule has 0 saturated heterocycles. The van der Waals surface area contributed by atoms with Crippen LogP contribution in [0.2, 0.25) is 5.02 Å². The molecule has 1 amide bonds. The molecule has 0 aliphatic carbocycles. The molecule has 22 heavy (non-hydrogen) atoms. The van der Waals surface area contributed by atoms with Crippen molar-refractivity contribution in [2.45, 2.75) is 26.7 Å². The number of nitrogens with one attached hydrogen (secondary N) is 1. The first-order chi connectivity index (χ1) is 10.6. The van der Waals surface area contributed by atoms with Gasteiger partial charge in [-0.05, 0) is 48.7 Å². The Hall–Kier alpha value is -2.00. The van der Waals surface area contributed by atoms with Gasteiger partial charge in [-0.1, -0.05) is 36.7 Å². The molecule has 0 aliphatic rings. The number of carbonyl (C=O) groups excluding carboxylic acids is 1. The van der Waals surface area contributed by atoms with E-state index in [-0.39, 0.29) is 5.91 Å². The summed E-state index contributed by atoms with van der Waals surface area (Å²) in [6.45, 7) is 4.41. The highest BCUT2D eigenvalue weighted by Crippen LogP contribution is 2.21. The summed E-state index contributed by atoms with van der Waals surface area (Å²) in [4.78, 5) is 12.1. The molecular formula is C18H20ClNO2. The normalized spacial score (nSPS) is 10.3. The van der Waals surface area contributed by atoms with Crippen LogP contribution in [-0.2, 0) is 11.2 Å². The van der Waals surface area contributed by atoms with Gasteiger partial charge >= 0.3 is 0 Å². The molecule has 0 aromatic heterocycles. The average Bonchev–Trinajstić information content (AvgIpc) is 2.51. The highest BCUT2D eigenvalue weighted by molar-refractivity contribution is 6.30. The standard InChI is InChI=1S/C18H20ClNO2/c1-3-14-6-4-5-13(2)18(14)20-17(21)11-12-22-16-9-7-15(19)8-10-16/h4-10H,3,11-12H2,1-2H3,(H,20,21). The van der Waals surface area contributed by atoms with Crippen molar-refractivity contribution in [3.05, 3.63) is 58.6 Å². The van der Waals surface area contributed by atoms with E-state index in [2.05, 4.69) is 12.2 Å². The Morgan fingerprint density at radius 3 is 2.59 bits per heavy atom. The third-order valence-corrected chi connectivity index (χ3v) is 3.67. The van der Waals surface area contributed by atoms with Crippen molar-refractivity contribution in [2.24, 2.45) is 0 Å². The summed E-state index contributed by atoms with van der Waals surface area (Å²) in [5.74, 6) is 0.667. The van der Waals surface area contributed by atoms with Crippen LogP contribution >= 0.6 is 11.6 Å². The molecule has 2 aromatic carbocycles. The Morgan fingerprint density at radius 1 is 1.18 bits per heavy atom. The molecule has 0 spiro atoms. The Morgan fingerprint density at radius 2 is 1.91 bits per heavy atom. The summed E-state index contributed by atoms with van der Waals surface area (Å²) in [5.41, 5.74) is 3.14. The lowest BCUT2D eigenvalue weighted by Crippen LogP contribution is -2.17. The van der Waals surface area contributed by atoms with Gasteiger partial charge in [0.1, 0.15) is 5.75 Å². The summed E-state index contributed by atoms with van der Waals surface area (Å²) in [7, 11) is 0. The van der Waals surface area contributed by atoms with Crippen LogP contribution in [0.15, 0.2) is 42.5 Å². The number of aryl methyl sites for hydroxylation is 2. The summed E-state index contributed by atoms with van der Waals surface area (Å²) in [6, 6.07) is 13.1. The first-order valence-corrected chi connectivity index (χ1v) is 7.74. The van der Waals surface area contributed by atoms with E-state index in [4.69, 9.17) is 16.3 Å². The van der Waals surface area contributed by atoms with Crippen molar-refractivity contribution in [1.82, 2.24) is 0 Å². The molecule has 0 atom stereocenters. The topological polar surface area (TPSA) is 38.3 Å². The summed E-state index contributed by atoms with van der Waals surface area (Å²) >= 11 is 5.81. The highest BCUT2D eigenvalue weighted by atomic mass is 35.5. The van der Waals surface area contributed by atoms with E-state index in [1.54, 1.807) is 24.3 Å². The van der Waals surface area contributed by atoms with Crippen molar-refractivity contribution >= 4 is 23.2 Å². The molecule has 0 aliphatic heterocycles. The van der Waals surface area contributed by atoms with Gasteiger partial charge in [-0.15, -0.1) is 0 Å². The molecule has 0 radical (unpaired) electrons. The lowest BCUT2D eigenvalue weighted by atomic mass is 10.1. The number of amides is 1. The maximum atomic E-state index is 12.1. The zero-order valence-corrected chi connectivity index (χ0v) is 13.6. The molecule has 0 fully saturated rings. The molecule has 0 saturated carbocycles. The van der Waals surface area contributed by atoms with E-state index in [0.29, 0.717) is 23.8 Å². The number of halogens is 1. The lowest BCUT2D eigenvalue weighted by Gasteiger charge is -2.13. The zero-order chi connectivity index (χ0) is 15.9. The predicted octanol–water partition coefficient (Wildman–Crippen LogP) is 4.62. The van der Waals surface area contributed by atoms with Gasteiger partial charge in [0.05, 0.1) is 13.0 Å². The molecule has 4 heteroatoms. The van der Waals surface area contributed by atoms with Crippen LogP contribution in [-0.4, -0.2) is 12.5 Å². The van der Waals surface area contributed by atoms with Crippen molar-refractivity contribution < 1.29 is 9.53 Å². The Bertz CT molecular complexity index is 638. The van der Waals surface area contributed by atoms with Gasteiger partial charge in [-0.25, -0.2) is 0 Å². The van der Waals surface area contributed by atoms with Gasteiger partial charge < -0.3 is 10.1 Å². The minimum Gasteiger partial charge on any atom is -0.493 e. The van der Waals surface area contributed by atoms with Crippen molar-refractivity contribution in [3.63, 3.8) is 0 Å². The quantitative estimate of drug-likeness (QED) is 0.844. The van der Waals surface area contributed by atoms with Crippen LogP contribution in [0.4, 0.5) is 5.69 Å². The maximum Gasteiger partial charge on any atom is 0.227 e. The molecule has 2 aromatic rings. The van der Waals surface area contributed by atoms with E-state index >= 15 is 0 Å². The van der Waals surface area contributed by atoms with Gasteiger partial charge in [0, 0.05) is 10.7 Å². The molecule has 3 nitrogen and oxygen atoms in total. The first kappa shape index (κ1) is 16.4.